The molecular formula is C8H14O2. The first-order valence-corrected chi connectivity index (χ1v) is 3.34. The van der Waals surface area contributed by atoms with E-state index in [2.05, 4.69) is 5.92 Å². The Morgan fingerprint density at radius 3 is 2.60 bits per heavy atom. The molecule has 0 aliphatic carbocycles. The molecule has 0 saturated heterocycles. The number of methoxy groups -OCH3 is 1. The average Bonchev–Trinajstić information content (AvgIpc) is 1.99. The third kappa shape index (κ3) is 3.49. The van der Waals surface area contributed by atoms with Crippen molar-refractivity contribution in [2.45, 2.75) is 19.4 Å². The number of rotatable bonds is 4. The van der Waals surface area contributed by atoms with Crippen LogP contribution in [-0.2, 0) is 4.74 Å². The second kappa shape index (κ2) is 5.28. The third-order valence-corrected chi connectivity index (χ3v) is 1.44. The van der Waals surface area contributed by atoms with Crippen LogP contribution in [0.4, 0.5) is 0 Å². The van der Waals surface area contributed by atoms with E-state index in [4.69, 9.17) is 16.3 Å². The molecule has 0 aromatic carbocycles. The van der Waals surface area contributed by atoms with E-state index in [9.17, 15) is 0 Å². The van der Waals surface area contributed by atoms with Crippen LogP contribution in [-0.4, -0.2) is 24.9 Å². The lowest BCUT2D eigenvalue weighted by molar-refractivity contribution is 0.0379. The number of terminal acetylenes is 1. The minimum atomic E-state index is -0.106. The smallest absolute Gasteiger partial charge is 0.0813 e. The van der Waals surface area contributed by atoms with E-state index >= 15 is 0 Å². The fourth-order valence-electron chi connectivity index (χ4n) is 0.708. The molecule has 0 aromatic heterocycles. The summed E-state index contributed by atoms with van der Waals surface area (Å²) in [6.45, 7) is 1.98. The van der Waals surface area contributed by atoms with Crippen molar-refractivity contribution in [3.63, 3.8) is 0 Å². The minimum absolute atomic E-state index is 0.0442. The van der Waals surface area contributed by atoms with Gasteiger partial charge in [0.2, 0.25) is 0 Å². The molecule has 1 N–H and O–H groups in total. The highest BCUT2D eigenvalue weighted by Gasteiger charge is 2.08. The van der Waals surface area contributed by atoms with Crippen molar-refractivity contribution in [1.29, 1.82) is 0 Å². The van der Waals surface area contributed by atoms with Crippen LogP contribution in [0.3, 0.4) is 0 Å². The number of aliphatic hydroxyl groups is 1. The van der Waals surface area contributed by atoms with Gasteiger partial charge >= 0.3 is 0 Å². The van der Waals surface area contributed by atoms with E-state index in [1.807, 2.05) is 6.92 Å². The maximum Gasteiger partial charge on any atom is 0.0813 e. The first-order chi connectivity index (χ1) is 4.74. The lowest BCUT2D eigenvalue weighted by Crippen LogP contribution is -2.18. The normalized spacial score (nSPS) is 15.8. The van der Waals surface area contributed by atoms with Crippen LogP contribution in [0.5, 0.6) is 0 Å². The number of hydrogen-bond acceptors (Lipinski definition) is 2. The third-order valence-electron chi connectivity index (χ3n) is 1.44. The summed E-state index contributed by atoms with van der Waals surface area (Å²) in [4.78, 5) is 0. The highest BCUT2D eigenvalue weighted by atomic mass is 16.5. The van der Waals surface area contributed by atoms with E-state index in [-0.39, 0.29) is 18.6 Å². The number of hydrogen-bond donors (Lipinski definition) is 1. The van der Waals surface area contributed by atoms with Crippen LogP contribution in [0.25, 0.3) is 0 Å². The molecule has 0 heterocycles. The van der Waals surface area contributed by atoms with Crippen LogP contribution in [0, 0.1) is 18.3 Å². The van der Waals surface area contributed by atoms with E-state index < -0.39 is 0 Å². The Morgan fingerprint density at radius 2 is 2.30 bits per heavy atom. The molecule has 2 heteroatoms. The molecule has 0 bridgehead atoms. The topological polar surface area (TPSA) is 29.5 Å². The van der Waals surface area contributed by atoms with Gasteiger partial charge in [-0.3, -0.25) is 0 Å². The molecule has 0 fully saturated rings. The molecule has 2 nitrogen and oxygen atoms in total. The Morgan fingerprint density at radius 1 is 1.70 bits per heavy atom. The molecular weight excluding hydrogens is 128 g/mol. The summed E-state index contributed by atoms with van der Waals surface area (Å²) in [5, 5.41) is 8.68. The molecule has 0 aromatic rings. The van der Waals surface area contributed by atoms with Gasteiger partial charge in [0.1, 0.15) is 0 Å². The van der Waals surface area contributed by atoms with Crippen molar-refractivity contribution in [3.05, 3.63) is 0 Å². The van der Waals surface area contributed by atoms with Gasteiger partial charge in [0.05, 0.1) is 12.7 Å². The van der Waals surface area contributed by atoms with E-state index in [1.165, 1.54) is 0 Å². The largest absolute Gasteiger partial charge is 0.394 e. The van der Waals surface area contributed by atoms with Crippen molar-refractivity contribution in [2.24, 2.45) is 5.92 Å². The van der Waals surface area contributed by atoms with Crippen molar-refractivity contribution < 1.29 is 9.84 Å². The van der Waals surface area contributed by atoms with Gasteiger partial charge < -0.3 is 9.84 Å². The Bertz CT molecular complexity index is 111. The van der Waals surface area contributed by atoms with Crippen LogP contribution in [0.2, 0.25) is 0 Å². The zero-order valence-corrected chi connectivity index (χ0v) is 6.50. The van der Waals surface area contributed by atoms with Gasteiger partial charge in [-0.15, -0.1) is 12.3 Å². The minimum Gasteiger partial charge on any atom is -0.394 e. The van der Waals surface area contributed by atoms with Gasteiger partial charge in [-0.2, -0.15) is 0 Å². The summed E-state index contributed by atoms with van der Waals surface area (Å²) in [6.07, 6.45) is 5.76. The van der Waals surface area contributed by atoms with Crippen molar-refractivity contribution >= 4 is 0 Å². The van der Waals surface area contributed by atoms with Crippen molar-refractivity contribution in [3.8, 4) is 12.3 Å². The molecule has 0 aliphatic heterocycles. The molecule has 58 valence electrons. The van der Waals surface area contributed by atoms with Crippen molar-refractivity contribution in [2.75, 3.05) is 13.7 Å². The predicted molar refractivity (Wildman–Crippen MR) is 40.5 cm³/mol. The molecule has 10 heavy (non-hydrogen) atoms. The Hall–Kier alpha value is -0.520. The zero-order chi connectivity index (χ0) is 7.98. The van der Waals surface area contributed by atoms with Gasteiger partial charge in [0.15, 0.2) is 0 Å². The molecule has 1 unspecified atom stereocenters. The fraction of sp³-hybridized carbons (Fsp3) is 0.750. The summed E-state index contributed by atoms with van der Waals surface area (Å²) in [7, 11) is 1.57. The molecule has 0 amide bonds. The average molecular weight is 142 g/mol. The summed E-state index contributed by atoms with van der Waals surface area (Å²) in [5.41, 5.74) is 0. The second-order valence-electron chi connectivity index (χ2n) is 2.34. The molecule has 0 spiro atoms. The van der Waals surface area contributed by atoms with Crippen LogP contribution in [0.1, 0.15) is 13.3 Å². The van der Waals surface area contributed by atoms with Gasteiger partial charge in [0.25, 0.3) is 0 Å². The lowest BCUT2D eigenvalue weighted by Gasteiger charge is -2.13. The van der Waals surface area contributed by atoms with Gasteiger partial charge in [-0.05, 0) is 6.42 Å². The molecule has 0 radical (unpaired) electrons. The predicted octanol–water partition coefficient (Wildman–Crippen LogP) is 0.653. The van der Waals surface area contributed by atoms with Crippen LogP contribution in [0.15, 0.2) is 0 Å². The van der Waals surface area contributed by atoms with Crippen LogP contribution >= 0.6 is 0 Å². The first kappa shape index (κ1) is 9.48. The lowest BCUT2D eigenvalue weighted by atomic mass is 10.1. The van der Waals surface area contributed by atoms with Crippen molar-refractivity contribution in [1.82, 2.24) is 0 Å². The fourth-order valence-corrected chi connectivity index (χ4v) is 0.708. The van der Waals surface area contributed by atoms with Gasteiger partial charge in [-0.25, -0.2) is 0 Å². The SMILES string of the molecule is C#CC(C)C[C@@H](CO)OC. The maximum atomic E-state index is 8.68. The number of ether oxygens (including phenoxy) is 1. The maximum absolute atomic E-state index is 8.68. The highest BCUT2D eigenvalue weighted by molar-refractivity contribution is 4.91. The summed E-state index contributed by atoms with van der Waals surface area (Å²) >= 11 is 0. The van der Waals surface area contributed by atoms with E-state index in [0.717, 1.165) is 6.42 Å². The highest BCUT2D eigenvalue weighted by Crippen LogP contribution is 2.05. The van der Waals surface area contributed by atoms with Gasteiger partial charge in [-0.1, -0.05) is 6.92 Å². The summed E-state index contributed by atoms with van der Waals surface area (Å²) < 4.78 is 4.93. The molecule has 0 rings (SSSR count). The Labute approximate surface area is 62.2 Å². The monoisotopic (exact) mass is 142 g/mol. The standard InChI is InChI=1S/C8H14O2/c1-4-7(2)5-8(6-9)10-3/h1,7-9H,5-6H2,2-3H3/t7?,8-/m0/s1. The second-order valence-corrected chi connectivity index (χ2v) is 2.34. The summed E-state index contributed by atoms with van der Waals surface area (Å²) in [5.74, 6) is 2.75. The van der Waals surface area contributed by atoms with Crippen LogP contribution < -0.4 is 0 Å². The Balaban J connectivity index is 3.54. The summed E-state index contributed by atoms with van der Waals surface area (Å²) in [6, 6.07) is 0. The van der Waals surface area contributed by atoms with Gasteiger partial charge in [0, 0.05) is 13.0 Å². The molecule has 0 aliphatic rings. The van der Waals surface area contributed by atoms with E-state index in [1.54, 1.807) is 7.11 Å². The Kier molecular flexibility index (Phi) is 5.00. The first-order valence-electron chi connectivity index (χ1n) is 3.34. The van der Waals surface area contributed by atoms with E-state index in [0.29, 0.717) is 0 Å². The molecule has 2 atom stereocenters. The number of aliphatic hydroxyl groups excluding tert-OH is 1. The quantitative estimate of drug-likeness (QED) is 0.584. The zero-order valence-electron chi connectivity index (χ0n) is 6.50. The molecule has 0 saturated carbocycles.